The predicted octanol–water partition coefficient (Wildman–Crippen LogP) is 1.94. The molecule has 0 aliphatic heterocycles. The Hall–Kier alpha value is -1.39. The molecule has 0 spiro atoms. The summed E-state index contributed by atoms with van der Waals surface area (Å²) in [5, 5.41) is 8.95. The Bertz CT molecular complexity index is 478. The minimum Gasteiger partial charge on any atom is -0.396 e. The minimum atomic E-state index is 0.247. The first kappa shape index (κ1) is 12.1. The maximum Gasteiger partial charge on any atom is 0.0931 e. The number of nitrogens with one attached hydrogen (secondary N) is 1. The zero-order chi connectivity index (χ0) is 12.3. The number of aliphatic hydroxyl groups is 1. The highest BCUT2D eigenvalue weighted by Gasteiger charge is 2.14. The van der Waals surface area contributed by atoms with Crippen molar-refractivity contribution < 1.29 is 5.11 Å². The van der Waals surface area contributed by atoms with Gasteiger partial charge in [0.1, 0.15) is 0 Å². The van der Waals surface area contributed by atoms with Crippen LogP contribution in [0, 0.1) is 0 Å². The monoisotopic (exact) mass is 233 g/mol. The van der Waals surface area contributed by atoms with Crippen LogP contribution >= 0.6 is 0 Å². The molecule has 92 valence electrons. The summed E-state index contributed by atoms with van der Waals surface area (Å²) in [5.41, 5.74) is 3.33. The van der Waals surface area contributed by atoms with Gasteiger partial charge in [0, 0.05) is 12.6 Å². The number of rotatable bonds is 5. The van der Waals surface area contributed by atoms with E-state index in [1.165, 1.54) is 5.56 Å². The quantitative estimate of drug-likeness (QED) is 0.829. The molecule has 4 nitrogen and oxygen atoms in total. The number of aromatic nitrogens is 2. The molecule has 1 heterocycles. The highest BCUT2D eigenvalue weighted by molar-refractivity contribution is 5.75. The van der Waals surface area contributed by atoms with Crippen LogP contribution in [0.25, 0.3) is 11.0 Å². The summed E-state index contributed by atoms with van der Waals surface area (Å²) in [6.45, 7) is 0.247. The van der Waals surface area contributed by atoms with E-state index in [1.54, 1.807) is 6.33 Å². The predicted molar refractivity (Wildman–Crippen MR) is 68.8 cm³/mol. The van der Waals surface area contributed by atoms with Crippen LogP contribution in [0.2, 0.25) is 0 Å². The van der Waals surface area contributed by atoms with Crippen molar-refractivity contribution in [2.75, 3.05) is 20.7 Å². The third-order valence-corrected chi connectivity index (χ3v) is 3.09. The average molecular weight is 233 g/mol. The first-order chi connectivity index (χ1) is 8.22. The van der Waals surface area contributed by atoms with Gasteiger partial charge < -0.3 is 15.0 Å². The molecule has 2 N–H and O–H groups in total. The van der Waals surface area contributed by atoms with E-state index in [0.717, 1.165) is 23.9 Å². The molecule has 1 aromatic heterocycles. The number of imidazole rings is 1. The van der Waals surface area contributed by atoms with Crippen molar-refractivity contribution in [3.63, 3.8) is 0 Å². The summed E-state index contributed by atoms with van der Waals surface area (Å²) in [5.74, 6) is 0. The lowest BCUT2D eigenvalue weighted by Crippen LogP contribution is -2.20. The van der Waals surface area contributed by atoms with Crippen LogP contribution < -0.4 is 0 Å². The van der Waals surface area contributed by atoms with Gasteiger partial charge in [-0.05, 0) is 44.6 Å². The number of hydrogen-bond donors (Lipinski definition) is 2. The standard InChI is InChI=1S/C13H19N3O/c1-16(2)13(4-3-7-17)10-5-6-11-12(8-10)15-9-14-11/h5-6,8-9,13,17H,3-4,7H2,1-2H3,(H,14,15). The van der Waals surface area contributed by atoms with Crippen LogP contribution in [0.5, 0.6) is 0 Å². The van der Waals surface area contributed by atoms with E-state index in [1.807, 2.05) is 6.07 Å². The van der Waals surface area contributed by atoms with E-state index in [0.29, 0.717) is 6.04 Å². The Kier molecular flexibility index (Phi) is 3.76. The van der Waals surface area contributed by atoms with Gasteiger partial charge in [-0.15, -0.1) is 0 Å². The van der Waals surface area contributed by atoms with E-state index in [9.17, 15) is 0 Å². The second kappa shape index (κ2) is 5.29. The third kappa shape index (κ3) is 2.65. The molecule has 0 aliphatic carbocycles. The van der Waals surface area contributed by atoms with Crippen molar-refractivity contribution in [2.45, 2.75) is 18.9 Å². The van der Waals surface area contributed by atoms with E-state index in [2.05, 4.69) is 41.1 Å². The fraction of sp³-hybridized carbons (Fsp3) is 0.462. The van der Waals surface area contributed by atoms with Crippen LogP contribution in [-0.4, -0.2) is 40.7 Å². The van der Waals surface area contributed by atoms with Gasteiger partial charge in [0.2, 0.25) is 0 Å². The Morgan fingerprint density at radius 1 is 1.41 bits per heavy atom. The largest absolute Gasteiger partial charge is 0.396 e. The average Bonchev–Trinajstić information content (AvgIpc) is 2.76. The lowest BCUT2D eigenvalue weighted by molar-refractivity contribution is 0.235. The lowest BCUT2D eigenvalue weighted by atomic mass is 10.0. The zero-order valence-electron chi connectivity index (χ0n) is 10.3. The van der Waals surface area contributed by atoms with Crippen LogP contribution in [0.15, 0.2) is 24.5 Å². The van der Waals surface area contributed by atoms with Crippen molar-refractivity contribution in [2.24, 2.45) is 0 Å². The van der Waals surface area contributed by atoms with Gasteiger partial charge >= 0.3 is 0 Å². The number of aliphatic hydroxyl groups excluding tert-OH is 1. The number of benzene rings is 1. The maximum atomic E-state index is 8.95. The van der Waals surface area contributed by atoms with Crippen LogP contribution in [0.4, 0.5) is 0 Å². The Morgan fingerprint density at radius 3 is 2.94 bits per heavy atom. The summed E-state index contributed by atoms with van der Waals surface area (Å²) in [6, 6.07) is 6.64. The van der Waals surface area contributed by atoms with E-state index in [4.69, 9.17) is 5.11 Å². The second-order valence-corrected chi connectivity index (χ2v) is 4.52. The number of fused-ring (bicyclic) bond motifs is 1. The summed E-state index contributed by atoms with van der Waals surface area (Å²) in [7, 11) is 4.14. The molecule has 0 saturated carbocycles. The molecular weight excluding hydrogens is 214 g/mol. The number of H-pyrrole nitrogens is 1. The van der Waals surface area contributed by atoms with Gasteiger partial charge in [-0.25, -0.2) is 4.98 Å². The lowest BCUT2D eigenvalue weighted by Gasteiger charge is -2.24. The van der Waals surface area contributed by atoms with Crippen molar-refractivity contribution in [1.82, 2.24) is 14.9 Å². The Labute approximate surface area is 101 Å². The minimum absolute atomic E-state index is 0.247. The summed E-state index contributed by atoms with van der Waals surface area (Å²) >= 11 is 0. The smallest absolute Gasteiger partial charge is 0.0931 e. The maximum absolute atomic E-state index is 8.95. The van der Waals surface area contributed by atoms with Crippen molar-refractivity contribution in [3.8, 4) is 0 Å². The van der Waals surface area contributed by atoms with E-state index < -0.39 is 0 Å². The van der Waals surface area contributed by atoms with E-state index >= 15 is 0 Å². The summed E-state index contributed by atoms with van der Waals surface area (Å²) < 4.78 is 0. The molecule has 2 rings (SSSR count). The molecule has 1 atom stereocenters. The Morgan fingerprint density at radius 2 is 2.24 bits per heavy atom. The number of nitrogens with zero attached hydrogens (tertiary/aromatic N) is 2. The molecule has 1 unspecified atom stereocenters. The fourth-order valence-corrected chi connectivity index (χ4v) is 2.17. The van der Waals surface area contributed by atoms with Crippen molar-refractivity contribution >= 4 is 11.0 Å². The van der Waals surface area contributed by atoms with Gasteiger partial charge in [0.15, 0.2) is 0 Å². The van der Waals surface area contributed by atoms with Gasteiger partial charge in [0.25, 0.3) is 0 Å². The number of hydrogen-bond acceptors (Lipinski definition) is 3. The van der Waals surface area contributed by atoms with Crippen LogP contribution in [0.1, 0.15) is 24.4 Å². The van der Waals surface area contributed by atoms with E-state index in [-0.39, 0.29) is 6.61 Å². The Balaban J connectivity index is 2.27. The van der Waals surface area contributed by atoms with Gasteiger partial charge in [-0.1, -0.05) is 6.07 Å². The first-order valence-corrected chi connectivity index (χ1v) is 5.92. The molecule has 0 aliphatic rings. The summed E-state index contributed by atoms with van der Waals surface area (Å²) in [6.07, 6.45) is 3.50. The molecule has 4 heteroatoms. The molecule has 0 bridgehead atoms. The fourth-order valence-electron chi connectivity index (χ4n) is 2.17. The molecule has 0 amide bonds. The zero-order valence-corrected chi connectivity index (χ0v) is 10.3. The highest BCUT2D eigenvalue weighted by atomic mass is 16.2. The van der Waals surface area contributed by atoms with Crippen LogP contribution in [-0.2, 0) is 0 Å². The SMILES string of the molecule is CN(C)C(CCCO)c1ccc2nc[nH]c2c1. The normalized spacial score (nSPS) is 13.4. The first-order valence-electron chi connectivity index (χ1n) is 5.92. The summed E-state index contributed by atoms with van der Waals surface area (Å²) in [4.78, 5) is 9.54. The van der Waals surface area contributed by atoms with Gasteiger partial charge in [-0.2, -0.15) is 0 Å². The molecule has 0 saturated heterocycles. The molecule has 0 radical (unpaired) electrons. The van der Waals surface area contributed by atoms with Crippen molar-refractivity contribution in [1.29, 1.82) is 0 Å². The van der Waals surface area contributed by atoms with Crippen LogP contribution in [0.3, 0.4) is 0 Å². The highest BCUT2D eigenvalue weighted by Crippen LogP contribution is 2.25. The topological polar surface area (TPSA) is 52.1 Å². The third-order valence-electron chi connectivity index (χ3n) is 3.09. The molecule has 1 aromatic carbocycles. The van der Waals surface area contributed by atoms with Gasteiger partial charge in [-0.3, -0.25) is 0 Å². The molecule has 2 aromatic rings. The second-order valence-electron chi connectivity index (χ2n) is 4.52. The van der Waals surface area contributed by atoms with Crippen molar-refractivity contribution in [3.05, 3.63) is 30.1 Å². The molecular formula is C13H19N3O. The number of aromatic amines is 1. The molecule has 0 fully saturated rings. The molecule has 17 heavy (non-hydrogen) atoms. The van der Waals surface area contributed by atoms with Gasteiger partial charge in [0.05, 0.1) is 17.4 Å².